The Hall–Kier alpha value is -2.54. The molecular weight excluding hydrogens is 457 g/mol. The Morgan fingerprint density at radius 3 is 2.39 bits per heavy atom. The highest BCUT2D eigenvalue weighted by molar-refractivity contribution is 7.87. The first kappa shape index (κ1) is 23.1. The van der Waals surface area contributed by atoms with Crippen molar-refractivity contribution in [1.29, 1.82) is 0 Å². The van der Waals surface area contributed by atoms with E-state index >= 15 is 0 Å². The lowest BCUT2D eigenvalue weighted by molar-refractivity contribution is 0.327. The van der Waals surface area contributed by atoms with Crippen molar-refractivity contribution in [3.05, 3.63) is 81.3 Å². The first-order valence-corrected chi connectivity index (χ1v) is 11.6. The van der Waals surface area contributed by atoms with Crippen LogP contribution >= 0.6 is 23.2 Å². The standard InChI is InChI=1S/C23H21Cl2NO4S/c1-4-29-22-13-17(14-26-21-11-15(2)5-6-16(21)3)12-20(25)23(22)30-31(27,28)19-9-7-18(24)8-10-19/h5-14H,4H2,1-3H3. The average molecular weight is 478 g/mol. The van der Waals surface area contributed by atoms with Crippen LogP contribution in [0.2, 0.25) is 10.0 Å². The number of nitrogens with zero attached hydrogens (tertiary/aromatic N) is 1. The minimum absolute atomic E-state index is 0.0454. The summed E-state index contributed by atoms with van der Waals surface area (Å²) >= 11 is 12.2. The molecule has 8 heteroatoms. The minimum atomic E-state index is -4.13. The van der Waals surface area contributed by atoms with E-state index in [9.17, 15) is 8.42 Å². The summed E-state index contributed by atoms with van der Waals surface area (Å²) in [6, 6.07) is 14.9. The number of hydrogen-bond acceptors (Lipinski definition) is 5. The van der Waals surface area contributed by atoms with Gasteiger partial charge in [-0.15, -0.1) is 0 Å². The second-order valence-electron chi connectivity index (χ2n) is 6.80. The largest absolute Gasteiger partial charge is 0.490 e. The van der Waals surface area contributed by atoms with Gasteiger partial charge in [0.05, 0.1) is 17.3 Å². The van der Waals surface area contributed by atoms with Gasteiger partial charge in [-0.2, -0.15) is 8.42 Å². The van der Waals surface area contributed by atoms with Gasteiger partial charge in [0, 0.05) is 11.2 Å². The fourth-order valence-electron chi connectivity index (χ4n) is 2.77. The van der Waals surface area contributed by atoms with E-state index in [1.807, 2.05) is 32.0 Å². The molecule has 3 aromatic carbocycles. The normalized spacial score (nSPS) is 11.6. The quantitative estimate of drug-likeness (QED) is 0.286. The van der Waals surface area contributed by atoms with E-state index in [-0.39, 0.29) is 21.4 Å². The molecule has 0 saturated carbocycles. The van der Waals surface area contributed by atoms with Gasteiger partial charge in [0.2, 0.25) is 5.75 Å². The number of rotatable bonds is 7. The van der Waals surface area contributed by atoms with Gasteiger partial charge < -0.3 is 8.92 Å². The molecule has 0 aliphatic heterocycles. The van der Waals surface area contributed by atoms with E-state index in [0.29, 0.717) is 17.2 Å². The fraction of sp³-hybridized carbons (Fsp3) is 0.174. The Morgan fingerprint density at radius 2 is 1.71 bits per heavy atom. The Kier molecular flexibility index (Phi) is 7.26. The molecule has 0 heterocycles. The monoisotopic (exact) mass is 477 g/mol. The molecule has 0 spiro atoms. The number of halogens is 2. The van der Waals surface area contributed by atoms with Crippen LogP contribution in [-0.2, 0) is 10.1 Å². The molecule has 0 bridgehead atoms. The average Bonchev–Trinajstić information content (AvgIpc) is 2.71. The number of aliphatic imine (C=N–C) groups is 1. The SMILES string of the molecule is CCOc1cc(C=Nc2cc(C)ccc2C)cc(Cl)c1OS(=O)(=O)c1ccc(Cl)cc1. The van der Waals surface area contributed by atoms with Crippen molar-refractivity contribution in [3.8, 4) is 11.5 Å². The second kappa shape index (κ2) is 9.73. The summed E-state index contributed by atoms with van der Waals surface area (Å²) in [6.07, 6.45) is 1.65. The molecule has 3 aromatic rings. The van der Waals surface area contributed by atoms with Crippen LogP contribution in [0, 0.1) is 13.8 Å². The third-order valence-corrected chi connectivity index (χ3v) is 6.11. The van der Waals surface area contributed by atoms with Crippen LogP contribution in [0.15, 0.2) is 64.5 Å². The summed E-state index contributed by atoms with van der Waals surface area (Å²) in [6.45, 7) is 6.05. The molecule has 3 rings (SSSR count). The third-order valence-electron chi connectivity index (χ3n) is 4.34. The van der Waals surface area contributed by atoms with Crippen molar-refractivity contribution < 1.29 is 17.3 Å². The van der Waals surface area contributed by atoms with Crippen LogP contribution < -0.4 is 8.92 Å². The Morgan fingerprint density at radius 1 is 1.00 bits per heavy atom. The molecule has 0 aliphatic carbocycles. The van der Waals surface area contributed by atoms with Crippen LogP contribution in [0.3, 0.4) is 0 Å². The highest BCUT2D eigenvalue weighted by atomic mass is 35.5. The van der Waals surface area contributed by atoms with Crippen LogP contribution in [-0.4, -0.2) is 21.2 Å². The zero-order chi connectivity index (χ0) is 22.6. The molecular formula is C23H21Cl2NO4S. The lowest BCUT2D eigenvalue weighted by atomic mass is 10.1. The molecule has 0 N–H and O–H groups in total. The Labute approximate surface area is 192 Å². The fourth-order valence-corrected chi connectivity index (χ4v) is 4.15. The van der Waals surface area contributed by atoms with Crippen molar-refractivity contribution in [2.24, 2.45) is 4.99 Å². The maximum atomic E-state index is 12.7. The smallest absolute Gasteiger partial charge is 0.339 e. The molecule has 31 heavy (non-hydrogen) atoms. The zero-order valence-corrected chi connectivity index (χ0v) is 19.6. The van der Waals surface area contributed by atoms with Crippen molar-refractivity contribution in [2.45, 2.75) is 25.7 Å². The summed E-state index contributed by atoms with van der Waals surface area (Å²) in [5.74, 6) is 0.123. The van der Waals surface area contributed by atoms with Gasteiger partial charge in [0.15, 0.2) is 5.75 Å². The lowest BCUT2D eigenvalue weighted by Crippen LogP contribution is -2.11. The highest BCUT2D eigenvalue weighted by Crippen LogP contribution is 2.38. The van der Waals surface area contributed by atoms with Gasteiger partial charge in [-0.3, -0.25) is 4.99 Å². The molecule has 0 unspecified atom stereocenters. The predicted octanol–water partition coefficient (Wildman–Crippen LogP) is 6.53. The summed E-state index contributed by atoms with van der Waals surface area (Å²) in [5.41, 5.74) is 3.61. The van der Waals surface area contributed by atoms with E-state index in [1.165, 1.54) is 24.3 Å². The number of benzene rings is 3. The topological polar surface area (TPSA) is 65.0 Å². The van der Waals surface area contributed by atoms with Gasteiger partial charge in [-0.1, -0.05) is 35.3 Å². The van der Waals surface area contributed by atoms with Gasteiger partial charge in [-0.05, 0) is 79.9 Å². The Balaban J connectivity index is 1.96. The first-order valence-electron chi connectivity index (χ1n) is 9.47. The van der Waals surface area contributed by atoms with E-state index in [1.54, 1.807) is 25.3 Å². The molecule has 5 nitrogen and oxygen atoms in total. The van der Waals surface area contributed by atoms with Crippen LogP contribution in [0.4, 0.5) is 5.69 Å². The van der Waals surface area contributed by atoms with Crippen molar-refractivity contribution >= 4 is 45.2 Å². The van der Waals surface area contributed by atoms with Gasteiger partial charge in [0.25, 0.3) is 0 Å². The molecule has 0 radical (unpaired) electrons. The molecule has 0 aromatic heterocycles. The van der Waals surface area contributed by atoms with Gasteiger partial charge in [-0.25, -0.2) is 0 Å². The van der Waals surface area contributed by atoms with Crippen LogP contribution in [0.25, 0.3) is 0 Å². The molecule has 0 saturated heterocycles. The number of aryl methyl sites for hydroxylation is 2. The first-order chi connectivity index (χ1) is 14.7. The van der Waals surface area contributed by atoms with E-state index in [4.69, 9.17) is 32.1 Å². The van der Waals surface area contributed by atoms with E-state index in [0.717, 1.165) is 16.8 Å². The van der Waals surface area contributed by atoms with Crippen molar-refractivity contribution in [1.82, 2.24) is 0 Å². The molecule has 0 fully saturated rings. The third kappa shape index (κ3) is 5.79. The number of ether oxygens (including phenoxy) is 1. The summed E-state index contributed by atoms with van der Waals surface area (Å²) < 4.78 is 36.3. The summed E-state index contributed by atoms with van der Waals surface area (Å²) in [7, 11) is -4.13. The van der Waals surface area contributed by atoms with Gasteiger partial charge >= 0.3 is 10.1 Å². The summed E-state index contributed by atoms with van der Waals surface area (Å²) in [5, 5.41) is 0.505. The minimum Gasteiger partial charge on any atom is -0.490 e. The van der Waals surface area contributed by atoms with Gasteiger partial charge in [0.1, 0.15) is 4.90 Å². The van der Waals surface area contributed by atoms with Crippen LogP contribution in [0.1, 0.15) is 23.6 Å². The Bertz CT molecular complexity index is 1220. The highest BCUT2D eigenvalue weighted by Gasteiger charge is 2.22. The lowest BCUT2D eigenvalue weighted by Gasteiger charge is -2.14. The van der Waals surface area contributed by atoms with E-state index < -0.39 is 10.1 Å². The molecule has 162 valence electrons. The number of hydrogen-bond donors (Lipinski definition) is 0. The maximum Gasteiger partial charge on any atom is 0.339 e. The molecule has 0 atom stereocenters. The van der Waals surface area contributed by atoms with Crippen molar-refractivity contribution in [2.75, 3.05) is 6.61 Å². The predicted molar refractivity (Wildman–Crippen MR) is 125 cm³/mol. The zero-order valence-electron chi connectivity index (χ0n) is 17.2. The molecule has 0 aliphatic rings. The van der Waals surface area contributed by atoms with Crippen molar-refractivity contribution in [3.63, 3.8) is 0 Å². The second-order valence-corrected chi connectivity index (χ2v) is 9.19. The molecule has 0 amide bonds. The maximum absolute atomic E-state index is 12.7. The van der Waals surface area contributed by atoms with E-state index in [2.05, 4.69) is 4.99 Å². The summed E-state index contributed by atoms with van der Waals surface area (Å²) in [4.78, 5) is 4.48. The van der Waals surface area contributed by atoms with Crippen LogP contribution in [0.5, 0.6) is 11.5 Å².